The van der Waals surface area contributed by atoms with E-state index in [0.717, 1.165) is 0 Å². The molecule has 0 saturated heterocycles. The van der Waals surface area contributed by atoms with Crippen molar-refractivity contribution < 1.29 is 9.48 Å². The Morgan fingerprint density at radius 3 is 2.94 bits per heavy atom. The predicted octanol–water partition coefficient (Wildman–Crippen LogP) is 0.106. The van der Waals surface area contributed by atoms with Crippen molar-refractivity contribution in [3.8, 4) is 0 Å². The molecule has 1 aliphatic heterocycles. The van der Waals surface area contributed by atoms with Gasteiger partial charge in [-0.05, 0) is 12.1 Å². The van der Waals surface area contributed by atoms with E-state index >= 15 is 0 Å². The number of nitrogens with one attached hydrogen (secondary N) is 1. The molecule has 1 aromatic carbocycles. The van der Waals surface area contributed by atoms with Gasteiger partial charge in [0.2, 0.25) is 6.20 Å². The third-order valence-electron chi connectivity index (χ3n) is 2.37. The van der Waals surface area contributed by atoms with E-state index in [9.17, 15) is 10.0 Å². The lowest BCUT2D eigenvalue weighted by molar-refractivity contribution is -0.740. The lowest BCUT2D eigenvalue weighted by atomic mass is 10.3. The summed E-state index contributed by atoms with van der Waals surface area (Å²) in [6.45, 7) is 0. The van der Waals surface area contributed by atoms with Crippen LogP contribution in [0.3, 0.4) is 0 Å². The van der Waals surface area contributed by atoms with Gasteiger partial charge in [0.25, 0.3) is 0 Å². The molecule has 1 aliphatic rings. The standard InChI is InChI=1S/C11H7N2O3/c14-11-13(8-5-6-12(15)7-8)9-3-1-2-4-10(9)16-11/h1-6,12H. The van der Waals surface area contributed by atoms with E-state index in [1.165, 1.54) is 10.8 Å². The Kier molecular flexibility index (Phi) is 1.82. The molecule has 2 heterocycles. The topological polar surface area (TPSA) is 62.6 Å². The second-order valence-corrected chi connectivity index (χ2v) is 3.38. The van der Waals surface area contributed by atoms with Crippen LogP contribution in [0, 0.1) is 11.4 Å². The summed E-state index contributed by atoms with van der Waals surface area (Å²) in [5, 5.41) is 10.8. The fourth-order valence-electron chi connectivity index (χ4n) is 1.69. The molecule has 3 rings (SSSR count). The van der Waals surface area contributed by atoms with Crippen LogP contribution in [-0.4, -0.2) is 4.57 Å². The third-order valence-corrected chi connectivity index (χ3v) is 2.37. The van der Waals surface area contributed by atoms with Crippen LogP contribution in [0.5, 0.6) is 0 Å². The first-order valence-corrected chi connectivity index (χ1v) is 4.73. The van der Waals surface area contributed by atoms with Crippen molar-refractivity contribution in [2.75, 3.05) is 0 Å². The maximum absolute atomic E-state index is 11.6. The lowest BCUT2D eigenvalue weighted by Gasteiger charge is -2.03. The van der Waals surface area contributed by atoms with Crippen LogP contribution in [-0.2, 0) is 0 Å². The largest absolute Gasteiger partial charge is 0.624 e. The molecule has 16 heavy (non-hydrogen) atoms. The highest BCUT2D eigenvalue weighted by atomic mass is 16.5. The van der Waals surface area contributed by atoms with Gasteiger partial charge in [0, 0.05) is 6.08 Å². The second kappa shape index (κ2) is 3.19. The third kappa shape index (κ3) is 1.23. The highest BCUT2D eigenvalue weighted by Crippen LogP contribution is 2.16. The molecule has 2 aromatic rings. The average Bonchev–Trinajstić information content (AvgIpc) is 2.80. The SMILES string of the molecule is O=c1oc2ccccc2n1C1=[C][NH+]([O-])C=C1. The van der Waals surface area contributed by atoms with Crippen LogP contribution < -0.4 is 10.8 Å². The number of quaternary nitrogens is 1. The zero-order valence-corrected chi connectivity index (χ0v) is 8.14. The molecule has 0 aliphatic carbocycles. The van der Waals surface area contributed by atoms with E-state index in [2.05, 4.69) is 6.20 Å². The van der Waals surface area contributed by atoms with Gasteiger partial charge in [-0.25, -0.2) is 9.36 Å². The number of rotatable bonds is 1. The van der Waals surface area contributed by atoms with Gasteiger partial charge in [-0.3, -0.25) is 0 Å². The minimum Gasteiger partial charge on any atom is -0.624 e. The van der Waals surface area contributed by atoms with Crippen molar-refractivity contribution >= 4 is 16.8 Å². The number of allylic oxidation sites excluding steroid dienone is 2. The van der Waals surface area contributed by atoms with E-state index in [0.29, 0.717) is 16.8 Å². The second-order valence-electron chi connectivity index (χ2n) is 3.38. The van der Waals surface area contributed by atoms with Crippen molar-refractivity contribution in [2.24, 2.45) is 0 Å². The number of oxazole rings is 1. The molecule has 1 aromatic heterocycles. The lowest BCUT2D eigenvalue weighted by Crippen LogP contribution is -2.96. The highest BCUT2D eigenvalue weighted by Gasteiger charge is 2.16. The molecular weight excluding hydrogens is 208 g/mol. The number of hydrogen-bond donors (Lipinski definition) is 1. The number of fused-ring (bicyclic) bond motifs is 1. The maximum atomic E-state index is 11.6. The molecule has 0 amide bonds. The number of hydrogen-bond acceptors (Lipinski definition) is 3. The number of aromatic nitrogens is 1. The van der Waals surface area contributed by atoms with Gasteiger partial charge >= 0.3 is 5.76 Å². The molecule has 1 unspecified atom stereocenters. The van der Waals surface area contributed by atoms with Crippen LogP contribution >= 0.6 is 0 Å². The Labute approximate surface area is 90.1 Å². The Bertz CT molecular complexity index is 663. The van der Waals surface area contributed by atoms with Crippen molar-refractivity contribution in [1.29, 1.82) is 0 Å². The number of para-hydroxylation sites is 2. The van der Waals surface area contributed by atoms with E-state index < -0.39 is 5.76 Å². The minimum atomic E-state index is -0.511. The molecule has 79 valence electrons. The fraction of sp³-hybridized carbons (Fsp3) is 0. The maximum Gasteiger partial charge on any atom is 0.424 e. The van der Waals surface area contributed by atoms with Crippen molar-refractivity contribution in [3.63, 3.8) is 0 Å². The molecule has 5 heteroatoms. The number of nitrogens with zero attached hydrogens (tertiary/aromatic N) is 1. The van der Waals surface area contributed by atoms with Crippen LogP contribution in [0.2, 0.25) is 0 Å². The van der Waals surface area contributed by atoms with E-state index in [4.69, 9.17) is 4.42 Å². The summed E-state index contributed by atoms with van der Waals surface area (Å²) in [4.78, 5) is 11.6. The van der Waals surface area contributed by atoms with Crippen molar-refractivity contribution in [3.05, 3.63) is 58.5 Å². The Hall–Kier alpha value is -2.11. The van der Waals surface area contributed by atoms with Crippen molar-refractivity contribution in [2.45, 2.75) is 0 Å². The number of benzene rings is 1. The smallest absolute Gasteiger partial charge is 0.424 e. The van der Waals surface area contributed by atoms with Gasteiger partial charge < -0.3 is 14.7 Å². The van der Waals surface area contributed by atoms with Crippen LogP contribution in [0.4, 0.5) is 0 Å². The summed E-state index contributed by atoms with van der Waals surface area (Å²) in [7, 11) is 0. The minimum absolute atomic E-state index is 0.243. The zero-order valence-electron chi connectivity index (χ0n) is 8.14. The Morgan fingerprint density at radius 1 is 1.38 bits per heavy atom. The molecule has 5 nitrogen and oxygen atoms in total. The molecule has 0 saturated carbocycles. The summed E-state index contributed by atoms with van der Waals surface area (Å²) >= 11 is 0. The van der Waals surface area contributed by atoms with Gasteiger partial charge in [0.15, 0.2) is 5.58 Å². The fourth-order valence-corrected chi connectivity index (χ4v) is 1.69. The average molecular weight is 215 g/mol. The molecule has 0 spiro atoms. The van der Waals surface area contributed by atoms with Crippen LogP contribution in [0.25, 0.3) is 16.8 Å². The first-order chi connectivity index (χ1) is 7.75. The molecule has 0 fully saturated rings. The Balaban J connectivity index is 2.32. The quantitative estimate of drug-likeness (QED) is 0.686. The highest BCUT2D eigenvalue weighted by molar-refractivity contribution is 5.78. The molecular formula is C11H7N2O3. The van der Waals surface area contributed by atoms with Crippen LogP contribution in [0.1, 0.15) is 0 Å². The van der Waals surface area contributed by atoms with E-state index in [1.54, 1.807) is 30.3 Å². The monoisotopic (exact) mass is 215 g/mol. The van der Waals surface area contributed by atoms with Gasteiger partial charge in [0.1, 0.15) is 11.9 Å². The van der Waals surface area contributed by atoms with Crippen LogP contribution in [0.15, 0.2) is 45.8 Å². The normalized spacial score (nSPS) is 19.3. The summed E-state index contributed by atoms with van der Waals surface area (Å²) < 4.78 is 6.38. The first kappa shape index (κ1) is 9.14. The molecule has 1 N–H and O–H groups in total. The zero-order chi connectivity index (χ0) is 11.1. The van der Waals surface area contributed by atoms with E-state index in [1.807, 2.05) is 0 Å². The predicted molar refractivity (Wildman–Crippen MR) is 56.9 cm³/mol. The van der Waals surface area contributed by atoms with Gasteiger partial charge in [-0.1, -0.05) is 12.1 Å². The molecule has 1 atom stereocenters. The van der Waals surface area contributed by atoms with Gasteiger partial charge in [0.05, 0.1) is 5.52 Å². The summed E-state index contributed by atoms with van der Waals surface area (Å²) in [5.74, 6) is -0.511. The van der Waals surface area contributed by atoms with Gasteiger partial charge in [-0.15, -0.1) is 0 Å². The summed E-state index contributed by atoms with van der Waals surface area (Å²) in [6.07, 6.45) is 5.47. The van der Waals surface area contributed by atoms with Gasteiger partial charge in [-0.2, -0.15) is 0 Å². The van der Waals surface area contributed by atoms with Crippen molar-refractivity contribution in [1.82, 2.24) is 4.57 Å². The Morgan fingerprint density at radius 2 is 2.19 bits per heavy atom. The summed E-state index contributed by atoms with van der Waals surface area (Å²) in [5.41, 5.74) is 1.55. The van der Waals surface area contributed by atoms with E-state index in [-0.39, 0.29) is 5.06 Å². The molecule has 0 bridgehead atoms. The number of hydroxylamine groups is 2. The molecule has 1 radical (unpaired) electrons. The summed E-state index contributed by atoms with van der Waals surface area (Å²) in [6, 6.07) is 7.04. The first-order valence-electron chi connectivity index (χ1n) is 4.73.